The Bertz CT molecular complexity index is 237. The van der Waals surface area contributed by atoms with Crippen molar-refractivity contribution in [1.29, 1.82) is 0 Å². The van der Waals surface area contributed by atoms with Crippen LogP contribution in [0.4, 0.5) is 0 Å². The Kier molecular flexibility index (Phi) is 5.21. The first-order chi connectivity index (χ1) is 7.99. The monoisotopic (exact) mass is 239 g/mol. The lowest BCUT2D eigenvalue weighted by Crippen LogP contribution is -2.53. The van der Waals surface area contributed by atoms with Crippen LogP contribution in [-0.2, 0) is 4.74 Å². The van der Waals surface area contributed by atoms with E-state index in [-0.39, 0.29) is 5.60 Å². The second kappa shape index (κ2) is 6.01. The summed E-state index contributed by atoms with van der Waals surface area (Å²) >= 11 is 0. The maximum atomic E-state index is 5.93. The molecule has 0 spiro atoms. The molecule has 0 radical (unpaired) electrons. The molecule has 1 fully saturated rings. The summed E-state index contributed by atoms with van der Waals surface area (Å²) in [6, 6.07) is 0.446. The lowest BCUT2D eigenvalue weighted by molar-refractivity contribution is -0.0862. The van der Waals surface area contributed by atoms with E-state index in [1.807, 2.05) is 20.2 Å². The van der Waals surface area contributed by atoms with Gasteiger partial charge < -0.3 is 10.1 Å². The largest absolute Gasteiger partial charge is 0.377 e. The summed E-state index contributed by atoms with van der Waals surface area (Å²) in [4.78, 5) is 0. The lowest BCUT2D eigenvalue weighted by Gasteiger charge is -2.47. The first kappa shape index (κ1) is 14.7. The van der Waals surface area contributed by atoms with Gasteiger partial charge in [0, 0.05) is 13.2 Å². The van der Waals surface area contributed by atoms with E-state index in [2.05, 4.69) is 25.7 Å². The summed E-state index contributed by atoms with van der Waals surface area (Å²) in [5, 5.41) is 3.45. The third kappa shape index (κ3) is 3.56. The van der Waals surface area contributed by atoms with E-state index in [1.54, 1.807) is 0 Å². The molecule has 2 nitrogen and oxygen atoms in total. The average Bonchev–Trinajstić information content (AvgIpc) is 2.32. The molecule has 17 heavy (non-hydrogen) atoms. The fourth-order valence-corrected chi connectivity index (χ4v) is 3.00. The third-order valence-electron chi connectivity index (χ3n) is 4.50. The summed E-state index contributed by atoms with van der Waals surface area (Å²) in [6.45, 7) is 8.55. The van der Waals surface area contributed by atoms with Crippen molar-refractivity contribution in [3.63, 3.8) is 0 Å². The van der Waals surface area contributed by atoms with E-state index in [0.29, 0.717) is 11.5 Å². The molecular formula is C15H29NO. The van der Waals surface area contributed by atoms with Crippen LogP contribution in [0.25, 0.3) is 0 Å². The lowest BCUT2D eigenvalue weighted by atomic mass is 9.68. The van der Waals surface area contributed by atoms with E-state index in [0.717, 1.165) is 12.8 Å². The third-order valence-corrected chi connectivity index (χ3v) is 4.50. The number of ether oxygens (including phenoxy) is 1. The minimum Gasteiger partial charge on any atom is -0.377 e. The first-order valence-corrected chi connectivity index (χ1v) is 6.83. The SMILES string of the molecule is C=CCCC(NC)C1(OC)CCC(C)(C)CC1. The normalized spacial score (nSPS) is 24.2. The molecule has 0 aromatic carbocycles. The summed E-state index contributed by atoms with van der Waals surface area (Å²) < 4.78 is 5.93. The fraction of sp³-hybridized carbons (Fsp3) is 0.867. The van der Waals surface area contributed by atoms with Gasteiger partial charge in [-0.1, -0.05) is 19.9 Å². The molecule has 0 heterocycles. The summed E-state index contributed by atoms with van der Waals surface area (Å²) in [7, 11) is 3.92. The molecule has 1 aliphatic carbocycles. The predicted octanol–water partition coefficient (Wildman–Crippen LogP) is 3.53. The predicted molar refractivity (Wildman–Crippen MR) is 74.3 cm³/mol. The Balaban J connectivity index is 2.70. The van der Waals surface area contributed by atoms with Crippen LogP contribution in [0.1, 0.15) is 52.4 Å². The molecule has 1 unspecified atom stereocenters. The van der Waals surface area contributed by atoms with Crippen LogP contribution in [0.5, 0.6) is 0 Å². The van der Waals surface area contributed by atoms with Crippen LogP contribution in [0, 0.1) is 5.41 Å². The van der Waals surface area contributed by atoms with Crippen molar-refractivity contribution in [2.75, 3.05) is 14.2 Å². The van der Waals surface area contributed by atoms with Gasteiger partial charge in [-0.15, -0.1) is 6.58 Å². The molecule has 0 bridgehead atoms. The number of allylic oxidation sites excluding steroid dienone is 1. The highest BCUT2D eigenvalue weighted by atomic mass is 16.5. The van der Waals surface area contributed by atoms with E-state index in [4.69, 9.17) is 4.74 Å². The quantitative estimate of drug-likeness (QED) is 0.716. The van der Waals surface area contributed by atoms with Gasteiger partial charge in [0.2, 0.25) is 0 Å². The second-order valence-corrected chi connectivity index (χ2v) is 6.14. The number of likely N-dealkylation sites (N-methyl/N-ethyl adjacent to an activating group) is 1. The molecule has 0 amide bonds. The number of hydrogen-bond donors (Lipinski definition) is 1. The molecule has 0 aliphatic heterocycles. The minimum absolute atomic E-state index is 0.0350. The molecular weight excluding hydrogens is 210 g/mol. The zero-order valence-corrected chi connectivity index (χ0v) is 12.0. The molecule has 2 heteroatoms. The Morgan fingerprint density at radius 2 is 1.88 bits per heavy atom. The topological polar surface area (TPSA) is 21.3 Å². The highest BCUT2D eigenvalue weighted by molar-refractivity contribution is 4.98. The molecule has 100 valence electrons. The Morgan fingerprint density at radius 3 is 2.29 bits per heavy atom. The van der Waals surface area contributed by atoms with Crippen molar-refractivity contribution in [2.45, 2.75) is 64.0 Å². The van der Waals surface area contributed by atoms with Gasteiger partial charge in [0.25, 0.3) is 0 Å². The second-order valence-electron chi connectivity index (χ2n) is 6.14. The summed E-state index contributed by atoms with van der Waals surface area (Å²) in [5.74, 6) is 0. The van der Waals surface area contributed by atoms with Gasteiger partial charge >= 0.3 is 0 Å². The Labute approximate surface area is 107 Å². The molecule has 1 saturated carbocycles. The van der Waals surface area contributed by atoms with Crippen LogP contribution >= 0.6 is 0 Å². The highest BCUT2D eigenvalue weighted by Crippen LogP contribution is 2.44. The van der Waals surface area contributed by atoms with E-state index in [1.165, 1.54) is 25.7 Å². The number of rotatable bonds is 6. The standard InChI is InChI=1S/C15H29NO/c1-6-7-8-13(16-4)15(17-5)11-9-14(2,3)10-12-15/h6,13,16H,1,7-12H2,2-5H3. The van der Waals surface area contributed by atoms with Crippen molar-refractivity contribution >= 4 is 0 Å². The zero-order chi connectivity index (χ0) is 12.9. The van der Waals surface area contributed by atoms with Gasteiger partial charge in [-0.05, 0) is 51.0 Å². The first-order valence-electron chi connectivity index (χ1n) is 6.83. The molecule has 0 aromatic heterocycles. The van der Waals surface area contributed by atoms with Crippen LogP contribution < -0.4 is 5.32 Å². The Morgan fingerprint density at radius 1 is 1.29 bits per heavy atom. The summed E-state index contributed by atoms with van der Waals surface area (Å²) in [6.07, 6.45) is 9.02. The van der Waals surface area contributed by atoms with Crippen LogP contribution in [0.15, 0.2) is 12.7 Å². The molecule has 1 N–H and O–H groups in total. The van der Waals surface area contributed by atoms with Gasteiger partial charge in [0.1, 0.15) is 0 Å². The molecule has 1 rings (SSSR count). The number of methoxy groups -OCH3 is 1. The van der Waals surface area contributed by atoms with Crippen LogP contribution in [0.3, 0.4) is 0 Å². The highest BCUT2D eigenvalue weighted by Gasteiger charge is 2.43. The van der Waals surface area contributed by atoms with Gasteiger partial charge in [0.15, 0.2) is 0 Å². The van der Waals surface area contributed by atoms with Crippen molar-refractivity contribution in [2.24, 2.45) is 5.41 Å². The van der Waals surface area contributed by atoms with Gasteiger partial charge in [0.05, 0.1) is 5.60 Å². The van der Waals surface area contributed by atoms with Gasteiger partial charge in [-0.25, -0.2) is 0 Å². The Hall–Kier alpha value is -0.340. The smallest absolute Gasteiger partial charge is 0.0831 e. The van der Waals surface area contributed by atoms with Crippen molar-refractivity contribution in [3.05, 3.63) is 12.7 Å². The molecule has 1 aliphatic rings. The zero-order valence-electron chi connectivity index (χ0n) is 12.0. The van der Waals surface area contributed by atoms with Crippen molar-refractivity contribution < 1.29 is 4.74 Å². The average molecular weight is 239 g/mol. The van der Waals surface area contributed by atoms with E-state index >= 15 is 0 Å². The maximum Gasteiger partial charge on any atom is 0.0831 e. The van der Waals surface area contributed by atoms with Gasteiger partial charge in [-0.2, -0.15) is 0 Å². The minimum atomic E-state index is 0.0350. The summed E-state index contributed by atoms with van der Waals surface area (Å²) in [5.41, 5.74) is 0.520. The molecule has 1 atom stereocenters. The number of hydrogen-bond acceptors (Lipinski definition) is 2. The van der Waals surface area contributed by atoms with E-state index in [9.17, 15) is 0 Å². The molecule has 0 aromatic rings. The van der Waals surface area contributed by atoms with Gasteiger partial charge in [-0.3, -0.25) is 0 Å². The van der Waals surface area contributed by atoms with Crippen molar-refractivity contribution in [1.82, 2.24) is 5.32 Å². The van der Waals surface area contributed by atoms with E-state index < -0.39 is 0 Å². The van der Waals surface area contributed by atoms with Crippen LogP contribution in [-0.4, -0.2) is 25.8 Å². The fourth-order valence-electron chi connectivity index (χ4n) is 3.00. The molecule has 0 saturated heterocycles. The van der Waals surface area contributed by atoms with Crippen LogP contribution in [0.2, 0.25) is 0 Å². The van der Waals surface area contributed by atoms with Crippen molar-refractivity contribution in [3.8, 4) is 0 Å². The number of nitrogens with one attached hydrogen (secondary N) is 1. The maximum absolute atomic E-state index is 5.93.